The number of nitrogens with zero attached hydrogens (tertiary/aromatic N) is 1. The van der Waals surface area contributed by atoms with Gasteiger partial charge < -0.3 is 10.1 Å². The minimum atomic E-state index is -3.53. The number of nitrogens with one attached hydrogen (secondary N) is 2. The minimum absolute atomic E-state index is 0.0291. The van der Waals surface area contributed by atoms with Gasteiger partial charge in [0.15, 0.2) is 0 Å². The molecule has 1 heterocycles. The van der Waals surface area contributed by atoms with Crippen molar-refractivity contribution in [2.24, 2.45) is 0 Å². The average Bonchev–Trinajstić information content (AvgIpc) is 2.62. The smallest absolute Gasteiger partial charge is 0.387 e. The van der Waals surface area contributed by atoms with Crippen LogP contribution >= 0.6 is 0 Å². The highest BCUT2D eigenvalue weighted by Gasteiger charge is 2.22. The third-order valence-electron chi connectivity index (χ3n) is 4.29. The molecule has 1 atom stereocenters. The molecule has 0 fully saturated rings. The number of anilines is 1. The van der Waals surface area contributed by atoms with Crippen LogP contribution < -0.4 is 14.8 Å². The molecule has 1 aliphatic rings. The molecule has 140 valence electrons. The van der Waals surface area contributed by atoms with Gasteiger partial charge in [-0.05, 0) is 61.7 Å². The Hall–Kier alpha value is -2.26. The van der Waals surface area contributed by atoms with Crippen molar-refractivity contribution < 1.29 is 21.9 Å². The van der Waals surface area contributed by atoms with Crippen molar-refractivity contribution in [1.82, 2.24) is 9.71 Å². The number of hydrogen-bond acceptors (Lipinski definition) is 5. The van der Waals surface area contributed by atoms with E-state index in [1.807, 2.05) is 0 Å². The zero-order chi connectivity index (χ0) is 18.7. The van der Waals surface area contributed by atoms with Gasteiger partial charge in [0, 0.05) is 6.20 Å². The van der Waals surface area contributed by atoms with E-state index < -0.39 is 16.6 Å². The highest BCUT2D eigenvalue weighted by atomic mass is 32.2. The minimum Gasteiger partial charge on any atom is -0.435 e. The molecule has 1 unspecified atom stereocenters. The Kier molecular flexibility index (Phi) is 5.38. The Labute approximate surface area is 150 Å². The average molecular weight is 383 g/mol. The van der Waals surface area contributed by atoms with E-state index in [2.05, 4.69) is 19.8 Å². The first kappa shape index (κ1) is 18.5. The first-order chi connectivity index (χ1) is 12.4. The Morgan fingerprint density at radius 1 is 1.27 bits per heavy atom. The fourth-order valence-corrected chi connectivity index (χ4v) is 3.71. The molecule has 0 amide bonds. The Morgan fingerprint density at radius 3 is 2.73 bits per heavy atom. The number of benzene rings is 1. The first-order valence-corrected chi connectivity index (χ1v) is 9.61. The number of fused-ring (bicyclic) bond motifs is 1. The molecule has 0 spiro atoms. The molecule has 0 radical (unpaired) electrons. The van der Waals surface area contributed by atoms with Gasteiger partial charge in [-0.25, -0.2) is 18.1 Å². The van der Waals surface area contributed by atoms with Crippen molar-refractivity contribution in [3.63, 3.8) is 0 Å². The molecule has 3 rings (SSSR count). The summed E-state index contributed by atoms with van der Waals surface area (Å²) in [5, 5.41) is 3.28. The molecule has 26 heavy (non-hydrogen) atoms. The number of aromatic nitrogens is 1. The van der Waals surface area contributed by atoms with Crippen LogP contribution in [0.25, 0.3) is 0 Å². The van der Waals surface area contributed by atoms with Gasteiger partial charge in [0.25, 0.3) is 0 Å². The Balaban J connectivity index is 1.78. The fourth-order valence-electron chi connectivity index (χ4n) is 3.04. The molecule has 6 nitrogen and oxygen atoms in total. The van der Waals surface area contributed by atoms with Gasteiger partial charge in [-0.2, -0.15) is 8.78 Å². The summed E-state index contributed by atoms with van der Waals surface area (Å²) in [6.45, 7) is -2.85. The number of aryl methyl sites for hydroxylation is 1. The second-order valence-corrected chi connectivity index (χ2v) is 7.80. The summed E-state index contributed by atoms with van der Waals surface area (Å²) < 4.78 is 54.9. The number of rotatable bonds is 6. The monoisotopic (exact) mass is 383 g/mol. The topological polar surface area (TPSA) is 80.3 Å². The maximum Gasteiger partial charge on any atom is 0.387 e. The molecule has 1 aromatic heterocycles. The number of hydrogen-bond donors (Lipinski definition) is 2. The lowest BCUT2D eigenvalue weighted by atomic mass is 9.87. The summed E-state index contributed by atoms with van der Waals surface area (Å²) >= 11 is 0. The highest BCUT2D eigenvalue weighted by Crippen LogP contribution is 2.34. The molecule has 0 saturated carbocycles. The molecule has 0 aliphatic heterocycles. The number of ether oxygens (including phenoxy) is 1. The fraction of sp³-hybridized carbons (Fsp3) is 0.353. The van der Waals surface area contributed by atoms with Crippen LogP contribution in [0.2, 0.25) is 0 Å². The maximum atomic E-state index is 12.4. The quantitative estimate of drug-likeness (QED) is 0.801. The third-order valence-corrected chi connectivity index (χ3v) is 5.69. The van der Waals surface area contributed by atoms with Gasteiger partial charge in [-0.1, -0.05) is 6.07 Å². The maximum absolute atomic E-state index is 12.4. The van der Waals surface area contributed by atoms with Gasteiger partial charge in [-0.3, -0.25) is 0 Å². The van der Waals surface area contributed by atoms with Crippen molar-refractivity contribution >= 4 is 15.8 Å². The summed E-state index contributed by atoms with van der Waals surface area (Å²) in [6.07, 6.45) is 3.84. The molecule has 2 N–H and O–H groups in total. The second-order valence-electron chi connectivity index (χ2n) is 5.91. The van der Waals surface area contributed by atoms with Gasteiger partial charge in [-0.15, -0.1) is 0 Å². The number of halogens is 2. The van der Waals surface area contributed by atoms with Gasteiger partial charge in [0.1, 0.15) is 16.5 Å². The molecule has 0 bridgehead atoms. The number of pyridine rings is 1. The van der Waals surface area contributed by atoms with E-state index in [4.69, 9.17) is 0 Å². The second kappa shape index (κ2) is 7.55. The van der Waals surface area contributed by atoms with Crippen molar-refractivity contribution in [2.75, 3.05) is 12.4 Å². The highest BCUT2D eigenvalue weighted by molar-refractivity contribution is 7.89. The number of sulfonamides is 1. The summed E-state index contributed by atoms with van der Waals surface area (Å²) in [4.78, 5) is 4.25. The third kappa shape index (κ3) is 4.10. The predicted octanol–water partition coefficient (Wildman–Crippen LogP) is 3.08. The van der Waals surface area contributed by atoms with Crippen LogP contribution in [0.3, 0.4) is 0 Å². The summed E-state index contributed by atoms with van der Waals surface area (Å²) in [5.41, 5.74) is 1.97. The summed E-state index contributed by atoms with van der Waals surface area (Å²) in [6, 6.07) is 8.01. The standard InChI is InChI=1S/C17H19F2N3O3S/c1-20-26(23,24)13-6-8-16(21-10-13)22-15-4-2-3-11-9-12(25-17(18)19)5-7-14(11)15/h5-10,15,17,20H,2-4H2,1H3,(H,21,22). The van der Waals surface area contributed by atoms with E-state index in [0.29, 0.717) is 5.82 Å². The number of alkyl halides is 2. The lowest BCUT2D eigenvalue weighted by molar-refractivity contribution is -0.0499. The van der Waals surface area contributed by atoms with Crippen LogP contribution in [0, 0.1) is 0 Å². The summed E-state index contributed by atoms with van der Waals surface area (Å²) in [5.74, 6) is 0.699. The Bertz CT molecular complexity index is 873. The molecule has 2 aromatic rings. The van der Waals surface area contributed by atoms with Crippen molar-refractivity contribution in [1.29, 1.82) is 0 Å². The van der Waals surface area contributed by atoms with Crippen molar-refractivity contribution in [3.8, 4) is 5.75 Å². The van der Waals surface area contributed by atoms with Gasteiger partial charge in [0.2, 0.25) is 10.0 Å². The van der Waals surface area contributed by atoms with E-state index in [1.54, 1.807) is 18.2 Å². The van der Waals surface area contributed by atoms with E-state index in [1.165, 1.54) is 25.4 Å². The zero-order valence-electron chi connectivity index (χ0n) is 14.1. The van der Waals surface area contributed by atoms with Crippen LogP contribution in [-0.2, 0) is 16.4 Å². The van der Waals surface area contributed by atoms with E-state index >= 15 is 0 Å². The molecular weight excluding hydrogens is 364 g/mol. The lowest BCUT2D eigenvalue weighted by Crippen LogP contribution is -2.20. The van der Waals surface area contributed by atoms with Gasteiger partial charge in [0.05, 0.1) is 6.04 Å². The molecule has 0 saturated heterocycles. The SMILES string of the molecule is CNS(=O)(=O)c1ccc(NC2CCCc3cc(OC(F)F)ccc32)nc1. The lowest BCUT2D eigenvalue weighted by Gasteiger charge is -2.27. The molecule has 9 heteroatoms. The van der Waals surface area contributed by atoms with Crippen molar-refractivity contribution in [3.05, 3.63) is 47.7 Å². The van der Waals surface area contributed by atoms with Crippen LogP contribution in [0.15, 0.2) is 41.4 Å². The van der Waals surface area contributed by atoms with E-state index in [9.17, 15) is 17.2 Å². The van der Waals surface area contributed by atoms with Crippen LogP contribution in [-0.4, -0.2) is 27.1 Å². The first-order valence-electron chi connectivity index (χ1n) is 8.13. The predicted molar refractivity (Wildman–Crippen MR) is 92.9 cm³/mol. The van der Waals surface area contributed by atoms with Crippen LogP contribution in [0.5, 0.6) is 5.75 Å². The molecular formula is C17H19F2N3O3S. The van der Waals surface area contributed by atoms with Crippen molar-refractivity contribution in [2.45, 2.75) is 36.8 Å². The largest absolute Gasteiger partial charge is 0.435 e. The van der Waals surface area contributed by atoms with E-state index in [-0.39, 0.29) is 16.7 Å². The normalized spacial score (nSPS) is 17.0. The van der Waals surface area contributed by atoms with Gasteiger partial charge >= 0.3 is 6.61 Å². The zero-order valence-corrected chi connectivity index (χ0v) is 14.9. The Morgan fingerprint density at radius 2 is 2.08 bits per heavy atom. The summed E-state index contributed by atoms with van der Waals surface area (Å²) in [7, 11) is -2.19. The molecule has 1 aromatic carbocycles. The van der Waals surface area contributed by atoms with Crippen LogP contribution in [0.4, 0.5) is 14.6 Å². The molecule has 1 aliphatic carbocycles. The van der Waals surface area contributed by atoms with E-state index in [0.717, 1.165) is 30.4 Å². The van der Waals surface area contributed by atoms with Crippen LogP contribution in [0.1, 0.15) is 30.0 Å².